The van der Waals surface area contributed by atoms with Crippen LogP contribution in [0.1, 0.15) is 42.6 Å². The topological polar surface area (TPSA) is 62.2 Å². The van der Waals surface area contributed by atoms with Crippen molar-refractivity contribution in [1.82, 2.24) is 10.3 Å². The monoisotopic (exact) mass is 236 g/mol. The highest BCUT2D eigenvalue weighted by Crippen LogP contribution is 2.15. The van der Waals surface area contributed by atoms with Gasteiger partial charge in [-0.3, -0.25) is 9.78 Å². The third-order valence-electron chi connectivity index (χ3n) is 3.17. The first-order valence-electron chi connectivity index (χ1n) is 5.92. The number of aliphatic hydroxyl groups excluding tert-OH is 1. The largest absolute Gasteiger partial charge is 0.394 e. The first-order valence-corrected chi connectivity index (χ1v) is 5.92. The van der Waals surface area contributed by atoms with Gasteiger partial charge in [0.15, 0.2) is 0 Å². The van der Waals surface area contributed by atoms with Crippen LogP contribution in [-0.4, -0.2) is 28.1 Å². The highest BCUT2D eigenvalue weighted by atomic mass is 16.3. The predicted octanol–water partition coefficient (Wildman–Crippen LogP) is 1.67. The number of aromatic nitrogens is 1. The van der Waals surface area contributed by atoms with Crippen LogP contribution in [0.15, 0.2) is 18.5 Å². The van der Waals surface area contributed by atoms with Crippen LogP contribution in [-0.2, 0) is 0 Å². The van der Waals surface area contributed by atoms with E-state index in [4.69, 9.17) is 0 Å². The molecule has 1 aromatic rings. The summed E-state index contributed by atoms with van der Waals surface area (Å²) in [6.07, 6.45) is 4.64. The molecule has 0 spiro atoms. The number of carbonyl (C=O) groups is 1. The van der Waals surface area contributed by atoms with Gasteiger partial charge in [0, 0.05) is 12.4 Å². The Hall–Kier alpha value is -1.42. The van der Waals surface area contributed by atoms with E-state index in [1.165, 1.54) is 6.20 Å². The number of nitrogens with one attached hydrogen (secondary N) is 1. The van der Waals surface area contributed by atoms with E-state index in [-0.39, 0.29) is 12.5 Å². The van der Waals surface area contributed by atoms with E-state index in [0.29, 0.717) is 18.4 Å². The molecular weight excluding hydrogens is 216 g/mol. The maximum absolute atomic E-state index is 12.0. The number of amides is 1. The fourth-order valence-electron chi connectivity index (χ4n) is 1.68. The Kier molecular flexibility index (Phi) is 4.63. The summed E-state index contributed by atoms with van der Waals surface area (Å²) in [4.78, 5) is 16.0. The smallest absolute Gasteiger partial charge is 0.253 e. The van der Waals surface area contributed by atoms with Crippen molar-refractivity contribution in [3.05, 3.63) is 29.6 Å². The molecule has 0 aromatic carbocycles. The van der Waals surface area contributed by atoms with E-state index >= 15 is 0 Å². The molecule has 0 fully saturated rings. The maximum Gasteiger partial charge on any atom is 0.253 e. The molecule has 1 aromatic heterocycles. The molecule has 0 unspecified atom stereocenters. The molecule has 4 heteroatoms. The molecule has 0 saturated heterocycles. The Morgan fingerprint density at radius 1 is 1.41 bits per heavy atom. The molecule has 17 heavy (non-hydrogen) atoms. The van der Waals surface area contributed by atoms with Crippen LogP contribution in [0.3, 0.4) is 0 Å². The Morgan fingerprint density at radius 3 is 2.53 bits per heavy atom. The quantitative estimate of drug-likeness (QED) is 0.817. The molecule has 0 atom stereocenters. The van der Waals surface area contributed by atoms with Gasteiger partial charge in [-0.15, -0.1) is 0 Å². The first kappa shape index (κ1) is 13.6. The molecule has 2 N–H and O–H groups in total. The number of pyridine rings is 1. The average Bonchev–Trinajstić information content (AvgIpc) is 2.36. The molecule has 0 aliphatic heterocycles. The van der Waals surface area contributed by atoms with Crippen molar-refractivity contribution in [2.24, 2.45) is 0 Å². The molecule has 1 amide bonds. The van der Waals surface area contributed by atoms with Crippen LogP contribution >= 0.6 is 0 Å². The van der Waals surface area contributed by atoms with Crippen LogP contribution in [0.5, 0.6) is 0 Å². The zero-order chi connectivity index (χ0) is 12.9. The summed E-state index contributed by atoms with van der Waals surface area (Å²) in [7, 11) is 0. The van der Waals surface area contributed by atoms with Crippen LogP contribution in [0, 0.1) is 6.92 Å². The van der Waals surface area contributed by atoms with Gasteiger partial charge in [0.2, 0.25) is 0 Å². The number of rotatable bonds is 5. The zero-order valence-electron chi connectivity index (χ0n) is 10.7. The minimum atomic E-state index is -0.527. The van der Waals surface area contributed by atoms with E-state index in [1.807, 2.05) is 20.8 Å². The predicted molar refractivity (Wildman–Crippen MR) is 66.8 cm³/mol. The van der Waals surface area contributed by atoms with Crippen molar-refractivity contribution in [2.45, 2.75) is 39.2 Å². The number of nitrogens with zero attached hydrogens (tertiary/aromatic N) is 1. The molecule has 4 nitrogen and oxygen atoms in total. The van der Waals surface area contributed by atoms with E-state index in [1.54, 1.807) is 12.3 Å². The summed E-state index contributed by atoms with van der Waals surface area (Å²) >= 11 is 0. The molecule has 1 heterocycles. The normalized spacial score (nSPS) is 11.3. The van der Waals surface area contributed by atoms with Crippen molar-refractivity contribution in [2.75, 3.05) is 6.61 Å². The standard InChI is InChI=1S/C13H20N2O2/c1-4-13(5-2,9-16)15-12(17)11-6-10(3)7-14-8-11/h6-8,16H,4-5,9H2,1-3H3,(H,15,17). The van der Waals surface area contributed by atoms with Gasteiger partial charge in [0.1, 0.15) is 0 Å². The van der Waals surface area contributed by atoms with Crippen molar-refractivity contribution in [3.63, 3.8) is 0 Å². The lowest BCUT2D eigenvalue weighted by Gasteiger charge is -2.30. The first-order chi connectivity index (χ1) is 8.06. The maximum atomic E-state index is 12.0. The molecule has 0 aliphatic rings. The van der Waals surface area contributed by atoms with Gasteiger partial charge in [-0.25, -0.2) is 0 Å². The van der Waals surface area contributed by atoms with Gasteiger partial charge in [-0.05, 0) is 31.4 Å². The van der Waals surface area contributed by atoms with E-state index in [9.17, 15) is 9.90 Å². The summed E-state index contributed by atoms with van der Waals surface area (Å²) in [5, 5.41) is 12.3. The fourth-order valence-corrected chi connectivity index (χ4v) is 1.68. The Bertz CT molecular complexity index is 378. The SMILES string of the molecule is CCC(CC)(CO)NC(=O)c1cncc(C)c1. The molecule has 0 saturated carbocycles. The third kappa shape index (κ3) is 3.27. The summed E-state index contributed by atoms with van der Waals surface area (Å²) in [5.41, 5.74) is 0.950. The summed E-state index contributed by atoms with van der Waals surface area (Å²) in [6, 6.07) is 1.79. The van der Waals surface area contributed by atoms with Crippen molar-refractivity contribution >= 4 is 5.91 Å². The molecule has 1 rings (SSSR count). The van der Waals surface area contributed by atoms with Gasteiger partial charge in [-0.2, -0.15) is 0 Å². The Balaban J connectivity index is 2.84. The number of hydrogen-bond donors (Lipinski definition) is 2. The van der Waals surface area contributed by atoms with Crippen LogP contribution < -0.4 is 5.32 Å². The van der Waals surface area contributed by atoms with E-state index in [2.05, 4.69) is 10.3 Å². The van der Waals surface area contributed by atoms with Gasteiger partial charge in [0.25, 0.3) is 5.91 Å². The summed E-state index contributed by atoms with van der Waals surface area (Å²) < 4.78 is 0. The van der Waals surface area contributed by atoms with E-state index in [0.717, 1.165) is 5.56 Å². The zero-order valence-corrected chi connectivity index (χ0v) is 10.7. The van der Waals surface area contributed by atoms with Gasteiger partial charge < -0.3 is 10.4 Å². The number of hydrogen-bond acceptors (Lipinski definition) is 3. The second-order valence-electron chi connectivity index (χ2n) is 4.35. The summed E-state index contributed by atoms with van der Waals surface area (Å²) in [5.74, 6) is -0.182. The lowest BCUT2D eigenvalue weighted by atomic mass is 9.93. The van der Waals surface area contributed by atoms with E-state index < -0.39 is 5.54 Å². The van der Waals surface area contributed by atoms with Crippen LogP contribution in [0.2, 0.25) is 0 Å². The number of aryl methyl sites for hydroxylation is 1. The number of aliphatic hydroxyl groups is 1. The Morgan fingerprint density at radius 2 is 2.06 bits per heavy atom. The highest BCUT2D eigenvalue weighted by Gasteiger charge is 2.27. The number of carbonyl (C=O) groups excluding carboxylic acids is 1. The second-order valence-corrected chi connectivity index (χ2v) is 4.35. The lowest BCUT2D eigenvalue weighted by molar-refractivity contribution is 0.0817. The Labute approximate surface area is 102 Å². The molecule has 0 radical (unpaired) electrons. The molecule has 0 bridgehead atoms. The van der Waals surface area contributed by atoms with Gasteiger partial charge in [0.05, 0.1) is 17.7 Å². The molecular formula is C13H20N2O2. The van der Waals surface area contributed by atoms with Crippen molar-refractivity contribution in [3.8, 4) is 0 Å². The average molecular weight is 236 g/mol. The second kappa shape index (κ2) is 5.77. The van der Waals surface area contributed by atoms with Gasteiger partial charge >= 0.3 is 0 Å². The van der Waals surface area contributed by atoms with Crippen LogP contribution in [0.25, 0.3) is 0 Å². The molecule has 0 aliphatic carbocycles. The third-order valence-corrected chi connectivity index (χ3v) is 3.17. The fraction of sp³-hybridized carbons (Fsp3) is 0.538. The van der Waals surface area contributed by atoms with Crippen molar-refractivity contribution < 1.29 is 9.90 Å². The minimum Gasteiger partial charge on any atom is -0.394 e. The lowest BCUT2D eigenvalue weighted by Crippen LogP contribution is -2.50. The molecule has 94 valence electrons. The van der Waals surface area contributed by atoms with Crippen molar-refractivity contribution in [1.29, 1.82) is 0 Å². The minimum absolute atomic E-state index is 0.0506. The van der Waals surface area contributed by atoms with Crippen LogP contribution in [0.4, 0.5) is 0 Å². The van der Waals surface area contributed by atoms with Gasteiger partial charge in [-0.1, -0.05) is 13.8 Å². The highest BCUT2D eigenvalue weighted by molar-refractivity contribution is 5.94. The summed E-state index contributed by atoms with van der Waals surface area (Å²) in [6.45, 7) is 5.75.